The van der Waals surface area contributed by atoms with Gasteiger partial charge in [0, 0.05) is 17.7 Å². The molecule has 3 atom stereocenters. The Kier molecular flexibility index (Phi) is 4.92. The smallest absolute Gasteiger partial charge is 0.306 e. The fourth-order valence-electron chi connectivity index (χ4n) is 2.82. The molecule has 0 radical (unpaired) electrons. The van der Waals surface area contributed by atoms with Crippen LogP contribution in [-0.4, -0.2) is 34.5 Å². The second-order valence-electron chi connectivity index (χ2n) is 5.28. The largest absolute Gasteiger partial charge is 0.481 e. The molecular formula is C13H21NO3S. The zero-order chi connectivity index (χ0) is 13.0. The number of carbonyl (C=O) groups is 2. The van der Waals surface area contributed by atoms with Crippen molar-refractivity contribution in [3.05, 3.63) is 0 Å². The lowest BCUT2D eigenvalue weighted by atomic mass is 9.81. The lowest BCUT2D eigenvalue weighted by molar-refractivity contribution is -0.144. The molecule has 0 spiro atoms. The number of thioether (sulfide) groups is 1. The van der Waals surface area contributed by atoms with Gasteiger partial charge >= 0.3 is 5.97 Å². The molecule has 5 heteroatoms. The summed E-state index contributed by atoms with van der Waals surface area (Å²) in [6.07, 6.45) is 5.36. The van der Waals surface area contributed by atoms with Crippen LogP contribution < -0.4 is 5.32 Å². The summed E-state index contributed by atoms with van der Waals surface area (Å²) >= 11 is 1.93. The van der Waals surface area contributed by atoms with E-state index < -0.39 is 5.97 Å². The van der Waals surface area contributed by atoms with Gasteiger partial charge in [-0.15, -0.1) is 0 Å². The molecule has 18 heavy (non-hydrogen) atoms. The van der Waals surface area contributed by atoms with E-state index in [1.165, 1.54) is 18.6 Å². The first-order chi connectivity index (χ1) is 8.66. The van der Waals surface area contributed by atoms with Crippen LogP contribution >= 0.6 is 11.8 Å². The van der Waals surface area contributed by atoms with Crippen molar-refractivity contribution in [3.8, 4) is 0 Å². The Balaban J connectivity index is 1.75. The maximum atomic E-state index is 12.0. The van der Waals surface area contributed by atoms with Crippen LogP contribution in [0, 0.1) is 11.8 Å². The summed E-state index contributed by atoms with van der Waals surface area (Å²) in [5.74, 6) is 0.0966. The maximum Gasteiger partial charge on any atom is 0.306 e. The first-order valence-electron chi connectivity index (χ1n) is 6.79. The minimum absolute atomic E-state index is 0.0634. The summed E-state index contributed by atoms with van der Waals surface area (Å²) < 4.78 is 0. The lowest BCUT2D eigenvalue weighted by Crippen LogP contribution is -2.38. The van der Waals surface area contributed by atoms with Gasteiger partial charge in [0.05, 0.1) is 5.92 Å². The summed E-state index contributed by atoms with van der Waals surface area (Å²) in [6.45, 7) is 0.748. The summed E-state index contributed by atoms with van der Waals surface area (Å²) in [5.41, 5.74) is 0. The summed E-state index contributed by atoms with van der Waals surface area (Å²) in [7, 11) is 0. The van der Waals surface area contributed by atoms with E-state index in [-0.39, 0.29) is 17.7 Å². The van der Waals surface area contributed by atoms with Crippen molar-refractivity contribution in [1.82, 2.24) is 5.32 Å². The Morgan fingerprint density at radius 2 is 1.94 bits per heavy atom. The third-order valence-corrected chi connectivity index (χ3v) is 5.32. The topological polar surface area (TPSA) is 66.4 Å². The van der Waals surface area contributed by atoms with E-state index in [1.54, 1.807) is 0 Å². The van der Waals surface area contributed by atoms with Crippen molar-refractivity contribution >= 4 is 23.6 Å². The van der Waals surface area contributed by atoms with Gasteiger partial charge < -0.3 is 10.4 Å². The standard InChI is InChI=1S/C13H21NO3S/c15-12(14-8-11-5-2-6-18-11)9-3-1-4-10(7-9)13(16)17/h9-11H,1-8H2,(H,14,15)(H,16,17)/t9-,10+,11-/m0/s1. The first kappa shape index (κ1) is 13.7. The normalized spacial score (nSPS) is 32.1. The van der Waals surface area contributed by atoms with Crippen LogP contribution in [-0.2, 0) is 9.59 Å². The third kappa shape index (κ3) is 3.64. The highest BCUT2D eigenvalue weighted by molar-refractivity contribution is 8.00. The van der Waals surface area contributed by atoms with Gasteiger partial charge in [-0.05, 0) is 37.9 Å². The highest BCUT2D eigenvalue weighted by atomic mass is 32.2. The molecule has 0 bridgehead atoms. The molecule has 2 aliphatic rings. The van der Waals surface area contributed by atoms with Crippen molar-refractivity contribution in [2.45, 2.75) is 43.8 Å². The molecule has 0 aromatic heterocycles. The average Bonchev–Trinajstić information content (AvgIpc) is 2.89. The Labute approximate surface area is 112 Å². The lowest BCUT2D eigenvalue weighted by Gasteiger charge is -2.26. The monoisotopic (exact) mass is 271 g/mol. The Hall–Kier alpha value is -0.710. The second kappa shape index (κ2) is 6.45. The molecule has 1 amide bonds. The SMILES string of the molecule is O=C(O)[C@@H]1CCC[C@H](C(=O)NC[C@@H]2CCCS2)C1. The number of carbonyl (C=O) groups excluding carboxylic acids is 1. The summed E-state index contributed by atoms with van der Waals surface area (Å²) in [5, 5.41) is 12.6. The second-order valence-corrected chi connectivity index (χ2v) is 6.69. The zero-order valence-corrected chi connectivity index (χ0v) is 11.4. The van der Waals surface area contributed by atoms with Crippen molar-refractivity contribution in [2.75, 3.05) is 12.3 Å². The van der Waals surface area contributed by atoms with Crippen molar-refractivity contribution in [1.29, 1.82) is 0 Å². The molecule has 4 nitrogen and oxygen atoms in total. The molecule has 2 fully saturated rings. The number of carboxylic acids is 1. The van der Waals surface area contributed by atoms with E-state index in [2.05, 4.69) is 5.32 Å². The van der Waals surface area contributed by atoms with E-state index in [9.17, 15) is 9.59 Å². The summed E-state index contributed by atoms with van der Waals surface area (Å²) in [6, 6.07) is 0. The van der Waals surface area contributed by atoms with E-state index >= 15 is 0 Å². The number of hydrogen-bond acceptors (Lipinski definition) is 3. The van der Waals surface area contributed by atoms with Gasteiger partial charge in [0.15, 0.2) is 0 Å². The minimum atomic E-state index is -0.751. The minimum Gasteiger partial charge on any atom is -0.481 e. The number of aliphatic carboxylic acids is 1. The molecule has 1 saturated carbocycles. The van der Waals surface area contributed by atoms with Crippen molar-refractivity contribution in [2.24, 2.45) is 11.8 Å². The zero-order valence-electron chi connectivity index (χ0n) is 10.6. The third-order valence-electron chi connectivity index (χ3n) is 3.92. The van der Waals surface area contributed by atoms with Crippen LogP contribution in [0.2, 0.25) is 0 Å². The van der Waals surface area contributed by atoms with E-state index in [0.717, 1.165) is 25.8 Å². The van der Waals surface area contributed by atoms with Gasteiger partial charge in [-0.2, -0.15) is 11.8 Å². The Morgan fingerprint density at radius 3 is 2.61 bits per heavy atom. The molecule has 1 aliphatic heterocycles. The van der Waals surface area contributed by atoms with Gasteiger partial charge in [-0.25, -0.2) is 0 Å². The molecule has 102 valence electrons. The molecule has 0 unspecified atom stereocenters. The van der Waals surface area contributed by atoms with Gasteiger partial charge in [-0.1, -0.05) is 6.42 Å². The fourth-order valence-corrected chi connectivity index (χ4v) is 4.02. The van der Waals surface area contributed by atoms with Crippen LogP contribution in [0.1, 0.15) is 38.5 Å². The van der Waals surface area contributed by atoms with Crippen LogP contribution in [0.4, 0.5) is 0 Å². The molecule has 1 saturated heterocycles. The first-order valence-corrected chi connectivity index (χ1v) is 7.84. The fraction of sp³-hybridized carbons (Fsp3) is 0.846. The molecule has 1 aliphatic carbocycles. The average molecular weight is 271 g/mol. The van der Waals surface area contributed by atoms with Crippen LogP contribution in [0.25, 0.3) is 0 Å². The van der Waals surface area contributed by atoms with Crippen LogP contribution in [0.3, 0.4) is 0 Å². The van der Waals surface area contributed by atoms with E-state index in [0.29, 0.717) is 11.7 Å². The molecule has 2 N–H and O–H groups in total. The van der Waals surface area contributed by atoms with Crippen molar-refractivity contribution in [3.63, 3.8) is 0 Å². The highest BCUT2D eigenvalue weighted by Crippen LogP contribution is 2.30. The number of carboxylic acid groups (broad SMARTS) is 1. The maximum absolute atomic E-state index is 12.0. The molecule has 0 aromatic carbocycles. The Bertz CT molecular complexity index is 315. The van der Waals surface area contributed by atoms with Crippen LogP contribution in [0.15, 0.2) is 0 Å². The van der Waals surface area contributed by atoms with Gasteiger partial charge in [-0.3, -0.25) is 9.59 Å². The van der Waals surface area contributed by atoms with Crippen molar-refractivity contribution < 1.29 is 14.7 Å². The number of hydrogen-bond donors (Lipinski definition) is 2. The molecule has 1 heterocycles. The predicted octanol–water partition coefficient (Wildman–Crippen LogP) is 1.89. The van der Waals surface area contributed by atoms with E-state index in [1.807, 2.05) is 11.8 Å². The molecule has 2 rings (SSSR count). The number of rotatable bonds is 4. The molecule has 0 aromatic rings. The van der Waals surface area contributed by atoms with Gasteiger partial charge in [0.1, 0.15) is 0 Å². The summed E-state index contributed by atoms with van der Waals surface area (Å²) in [4.78, 5) is 23.0. The number of nitrogens with one attached hydrogen (secondary N) is 1. The number of amides is 1. The Morgan fingerprint density at radius 1 is 1.17 bits per heavy atom. The van der Waals surface area contributed by atoms with E-state index in [4.69, 9.17) is 5.11 Å². The van der Waals surface area contributed by atoms with Crippen LogP contribution in [0.5, 0.6) is 0 Å². The molecular weight excluding hydrogens is 250 g/mol. The van der Waals surface area contributed by atoms with Gasteiger partial charge in [0.2, 0.25) is 5.91 Å². The quantitative estimate of drug-likeness (QED) is 0.819. The van der Waals surface area contributed by atoms with Gasteiger partial charge in [0.25, 0.3) is 0 Å². The predicted molar refractivity (Wildman–Crippen MR) is 71.6 cm³/mol. The highest BCUT2D eigenvalue weighted by Gasteiger charge is 2.31.